The number of thiophene rings is 1. The van der Waals surface area contributed by atoms with Gasteiger partial charge in [-0.05, 0) is 37.2 Å². The van der Waals surface area contributed by atoms with E-state index in [0.29, 0.717) is 12.5 Å². The summed E-state index contributed by atoms with van der Waals surface area (Å²) in [7, 11) is 0. The Morgan fingerprint density at radius 1 is 1.52 bits per heavy atom. The predicted molar refractivity (Wildman–Crippen MR) is 93.0 cm³/mol. The zero-order chi connectivity index (χ0) is 16.4. The molecule has 23 heavy (non-hydrogen) atoms. The Bertz CT molecular complexity index is 778. The van der Waals surface area contributed by atoms with Crippen LogP contribution in [0.5, 0.6) is 0 Å². The van der Waals surface area contributed by atoms with Gasteiger partial charge in [0.25, 0.3) is 5.56 Å². The molecule has 2 heterocycles. The van der Waals surface area contributed by atoms with E-state index in [4.69, 9.17) is 0 Å². The van der Waals surface area contributed by atoms with Gasteiger partial charge in [0, 0.05) is 11.4 Å². The lowest BCUT2D eigenvalue weighted by atomic mass is 9.89. The van der Waals surface area contributed by atoms with E-state index < -0.39 is 0 Å². The second-order valence-electron chi connectivity index (χ2n) is 6.41. The van der Waals surface area contributed by atoms with E-state index in [1.165, 1.54) is 21.3 Å². The summed E-state index contributed by atoms with van der Waals surface area (Å²) in [5.74, 6) is 0.543. The fourth-order valence-corrected chi connectivity index (χ4v) is 4.43. The van der Waals surface area contributed by atoms with Crippen molar-refractivity contribution in [3.63, 3.8) is 0 Å². The molecule has 0 saturated carbocycles. The number of fused-ring (bicyclic) bond motifs is 3. The lowest BCUT2D eigenvalue weighted by Gasteiger charge is -2.17. The summed E-state index contributed by atoms with van der Waals surface area (Å²) in [6.07, 6.45) is 6.59. The van der Waals surface area contributed by atoms with Crippen LogP contribution < -0.4 is 10.9 Å². The summed E-state index contributed by atoms with van der Waals surface area (Å²) in [6.45, 7) is 5.03. The van der Waals surface area contributed by atoms with Crippen LogP contribution in [0.3, 0.4) is 0 Å². The average Bonchev–Trinajstić information content (AvgIpc) is 2.88. The van der Waals surface area contributed by atoms with Gasteiger partial charge >= 0.3 is 0 Å². The minimum absolute atomic E-state index is 0.0481. The van der Waals surface area contributed by atoms with Gasteiger partial charge in [0.05, 0.1) is 11.7 Å². The van der Waals surface area contributed by atoms with Crippen molar-refractivity contribution in [2.24, 2.45) is 5.92 Å². The molecule has 2 aromatic heterocycles. The number of nitrogens with one attached hydrogen (secondary N) is 1. The third-order valence-electron chi connectivity index (χ3n) is 4.45. The highest BCUT2D eigenvalue weighted by molar-refractivity contribution is 7.18. The molecule has 0 aromatic carbocycles. The summed E-state index contributed by atoms with van der Waals surface area (Å²) in [5.41, 5.74) is 1.09. The lowest BCUT2D eigenvalue weighted by Crippen LogP contribution is -2.33. The lowest BCUT2D eigenvalue weighted by molar-refractivity contribution is -0.121. The highest BCUT2D eigenvalue weighted by atomic mass is 32.1. The molecule has 2 aromatic rings. The van der Waals surface area contributed by atoms with E-state index in [-0.39, 0.29) is 18.0 Å². The minimum Gasteiger partial charge on any atom is -0.355 e. The fourth-order valence-electron chi connectivity index (χ4n) is 3.09. The van der Waals surface area contributed by atoms with Crippen LogP contribution in [0.1, 0.15) is 43.6 Å². The molecular formula is C17H23N3O2S. The smallest absolute Gasteiger partial charge is 0.262 e. The molecule has 0 saturated heterocycles. The number of hydrogen-bond acceptors (Lipinski definition) is 4. The number of hydrogen-bond donors (Lipinski definition) is 1. The molecule has 1 atom stereocenters. The maximum atomic E-state index is 12.8. The second kappa shape index (κ2) is 6.83. The molecule has 0 fully saturated rings. The first-order valence-corrected chi connectivity index (χ1v) is 9.18. The van der Waals surface area contributed by atoms with E-state index in [1.54, 1.807) is 11.3 Å². The zero-order valence-corrected chi connectivity index (χ0v) is 14.5. The zero-order valence-electron chi connectivity index (χ0n) is 13.7. The van der Waals surface area contributed by atoms with Gasteiger partial charge in [0.15, 0.2) is 0 Å². The van der Waals surface area contributed by atoms with Crippen molar-refractivity contribution in [3.05, 3.63) is 27.1 Å². The van der Waals surface area contributed by atoms with Crippen molar-refractivity contribution < 1.29 is 4.79 Å². The summed E-state index contributed by atoms with van der Waals surface area (Å²) < 4.78 is 1.44. The van der Waals surface area contributed by atoms with E-state index in [1.807, 2.05) is 0 Å². The largest absolute Gasteiger partial charge is 0.355 e. The number of aromatic nitrogens is 2. The van der Waals surface area contributed by atoms with Crippen molar-refractivity contribution in [2.45, 2.75) is 52.5 Å². The van der Waals surface area contributed by atoms with Crippen molar-refractivity contribution in [3.8, 4) is 0 Å². The number of aryl methyl sites for hydroxylation is 1. The average molecular weight is 333 g/mol. The number of carbonyl (C=O) groups is 1. The van der Waals surface area contributed by atoms with Crippen molar-refractivity contribution >= 4 is 27.5 Å². The molecule has 1 aliphatic rings. The fraction of sp³-hybridized carbons (Fsp3) is 0.588. The minimum atomic E-state index is -0.126. The molecule has 1 aliphatic carbocycles. The molecule has 3 rings (SSSR count). The van der Waals surface area contributed by atoms with Crippen LogP contribution in [-0.2, 0) is 24.2 Å². The van der Waals surface area contributed by atoms with E-state index in [0.717, 1.165) is 42.3 Å². The monoisotopic (exact) mass is 333 g/mol. The van der Waals surface area contributed by atoms with Gasteiger partial charge in [-0.3, -0.25) is 14.2 Å². The Balaban J connectivity index is 1.87. The van der Waals surface area contributed by atoms with Gasteiger partial charge < -0.3 is 5.32 Å². The molecule has 1 amide bonds. The number of carbonyl (C=O) groups excluding carboxylic acids is 1. The van der Waals surface area contributed by atoms with Gasteiger partial charge in [-0.15, -0.1) is 11.3 Å². The molecule has 0 radical (unpaired) electrons. The first-order valence-electron chi connectivity index (χ1n) is 8.36. The van der Waals surface area contributed by atoms with Crippen LogP contribution in [-0.4, -0.2) is 22.0 Å². The highest BCUT2D eigenvalue weighted by Gasteiger charge is 2.23. The third-order valence-corrected chi connectivity index (χ3v) is 5.61. The first-order chi connectivity index (χ1) is 11.1. The Morgan fingerprint density at radius 3 is 3.13 bits per heavy atom. The first kappa shape index (κ1) is 16.2. The maximum absolute atomic E-state index is 12.8. The number of nitrogens with zero attached hydrogens (tertiary/aromatic N) is 2. The van der Waals surface area contributed by atoms with Gasteiger partial charge in [-0.1, -0.05) is 20.3 Å². The summed E-state index contributed by atoms with van der Waals surface area (Å²) >= 11 is 1.64. The molecule has 124 valence electrons. The van der Waals surface area contributed by atoms with E-state index >= 15 is 0 Å². The van der Waals surface area contributed by atoms with E-state index in [9.17, 15) is 9.59 Å². The van der Waals surface area contributed by atoms with Crippen LogP contribution in [0, 0.1) is 5.92 Å². The van der Waals surface area contributed by atoms with Crippen LogP contribution in [0.15, 0.2) is 11.1 Å². The number of rotatable bonds is 5. The van der Waals surface area contributed by atoms with E-state index in [2.05, 4.69) is 24.1 Å². The van der Waals surface area contributed by atoms with Gasteiger partial charge in [0.2, 0.25) is 5.91 Å². The van der Waals surface area contributed by atoms with Crippen LogP contribution in [0.4, 0.5) is 0 Å². The quantitative estimate of drug-likeness (QED) is 0.855. The van der Waals surface area contributed by atoms with Crippen LogP contribution in [0.25, 0.3) is 10.2 Å². The maximum Gasteiger partial charge on any atom is 0.262 e. The van der Waals surface area contributed by atoms with Crippen LogP contribution >= 0.6 is 11.3 Å². The molecule has 5 nitrogen and oxygen atoms in total. The highest BCUT2D eigenvalue weighted by Crippen LogP contribution is 2.35. The number of unbranched alkanes of at least 4 members (excludes halogenated alkanes) is 1. The summed E-state index contributed by atoms with van der Waals surface area (Å²) in [6, 6.07) is 0. The third kappa shape index (κ3) is 3.32. The molecule has 0 aliphatic heterocycles. The van der Waals surface area contributed by atoms with Crippen molar-refractivity contribution in [1.82, 2.24) is 14.9 Å². The summed E-state index contributed by atoms with van der Waals surface area (Å²) in [4.78, 5) is 31.2. The standard InChI is InChI=1S/C17H23N3O2S/c1-3-4-7-18-14(21)9-20-10-19-16-15(17(20)22)12-6-5-11(2)8-13(12)23-16/h10-11H,3-9H2,1-2H3,(H,18,21). The summed E-state index contributed by atoms with van der Waals surface area (Å²) in [5, 5.41) is 3.58. The SMILES string of the molecule is CCCCNC(=O)Cn1cnc2sc3c(c2c1=O)CCC(C)C3. The van der Waals surface area contributed by atoms with Crippen molar-refractivity contribution in [2.75, 3.05) is 6.54 Å². The van der Waals surface area contributed by atoms with Crippen molar-refractivity contribution in [1.29, 1.82) is 0 Å². The van der Waals surface area contributed by atoms with Crippen LogP contribution in [0.2, 0.25) is 0 Å². The molecule has 1 unspecified atom stereocenters. The van der Waals surface area contributed by atoms with Gasteiger partial charge in [0.1, 0.15) is 11.4 Å². The molecule has 6 heteroatoms. The molecule has 1 N–H and O–H groups in total. The Hall–Kier alpha value is -1.69. The predicted octanol–water partition coefficient (Wildman–Crippen LogP) is 2.50. The Morgan fingerprint density at radius 2 is 2.35 bits per heavy atom. The molecular weight excluding hydrogens is 310 g/mol. The topological polar surface area (TPSA) is 64.0 Å². The molecule has 0 bridgehead atoms. The van der Waals surface area contributed by atoms with Gasteiger partial charge in [-0.2, -0.15) is 0 Å². The normalized spacial score (nSPS) is 17.2. The van der Waals surface area contributed by atoms with Gasteiger partial charge in [-0.25, -0.2) is 4.98 Å². The number of amides is 1. The Kier molecular flexibility index (Phi) is 4.80. The second-order valence-corrected chi connectivity index (χ2v) is 7.50. The molecule has 0 spiro atoms. The Labute approximate surface area is 139 Å².